The smallest absolute Gasteiger partial charge is 0.271 e. The maximum Gasteiger partial charge on any atom is 0.271 e. The molecule has 2 aromatic heterocycles. The van der Waals surface area contributed by atoms with Crippen LogP contribution < -0.4 is 10.3 Å². The Bertz CT molecular complexity index is 1360. The van der Waals surface area contributed by atoms with Crippen molar-refractivity contribution in [2.45, 2.75) is 34.2 Å². The van der Waals surface area contributed by atoms with Gasteiger partial charge in [-0.25, -0.2) is 4.98 Å². The first-order valence-electron chi connectivity index (χ1n) is 10.0. The number of carbonyl (C=O) groups is 1. The van der Waals surface area contributed by atoms with Crippen LogP contribution in [0.2, 0.25) is 0 Å². The predicted octanol–water partition coefficient (Wildman–Crippen LogP) is 5.31. The Kier molecular flexibility index (Phi) is 5.50. The highest BCUT2D eigenvalue weighted by atomic mass is 32.1. The van der Waals surface area contributed by atoms with Crippen molar-refractivity contribution in [1.29, 1.82) is 0 Å². The first-order valence-corrected chi connectivity index (χ1v) is 10.9. The number of hydrogen-bond acceptors (Lipinski definition) is 5. The first-order chi connectivity index (χ1) is 14.8. The van der Waals surface area contributed by atoms with Gasteiger partial charge < -0.3 is 4.74 Å². The number of carbonyl (C=O) groups excluding carboxylic acids is 1. The Morgan fingerprint density at radius 3 is 2.45 bits per heavy atom. The van der Waals surface area contributed by atoms with Crippen LogP contribution in [-0.2, 0) is 6.54 Å². The van der Waals surface area contributed by atoms with Gasteiger partial charge in [0.15, 0.2) is 5.78 Å². The second-order valence-corrected chi connectivity index (χ2v) is 8.83. The van der Waals surface area contributed by atoms with E-state index in [9.17, 15) is 9.59 Å². The third kappa shape index (κ3) is 3.79. The number of thiophene rings is 1. The van der Waals surface area contributed by atoms with Crippen LogP contribution in [0.5, 0.6) is 5.75 Å². The number of methoxy groups -OCH3 is 1. The number of ether oxygens (including phenoxy) is 1. The summed E-state index contributed by atoms with van der Waals surface area (Å²) in [6.45, 7) is 7.89. The van der Waals surface area contributed by atoms with Gasteiger partial charge in [0.05, 0.1) is 25.5 Å². The maximum absolute atomic E-state index is 13.2. The average molecular weight is 433 g/mol. The fraction of sp³-hybridized carbons (Fsp3) is 0.240. The van der Waals surface area contributed by atoms with Crippen molar-refractivity contribution in [3.63, 3.8) is 0 Å². The Morgan fingerprint density at radius 2 is 1.81 bits per heavy atom. The van der Waals surface area contributed by atoms with Crippen molar-refractivity contribution in [1.82, 2.24) is 9.55 Å². The molecule has 0 unspecified atom stereocenters. The third-order valence-corrected chi connectivity index (χ3v) is 6.85. The van der Waals surface area contributed by atoms with Crippen LogP contribution in [0.3, 0.4) is 0 Å². The van der Waals surface area contributed by atoms with E-state index in [0.717, 1.165) is 44.0 Å². The number of benzene rings is 2. The Labute approximate surface area is 185 Å². The van der Waals surface area contributed by atoms with Gasteiger partial charge in [0.1, 0.15) is 10.4 Å². The van der Waals surface area contributed by atoms with Gasteiger partial charge in [0.2, 0.25) is 0 Å². The highest BCUT2D eigenvalue weighted by Crippen LogP contribution is 2.32. The summed E-state index contributed by atoms with van der Waals surface area (Å²) in [4.78, 5) is 30.9. The Hall–Kier alpha value is -3.25. The number of nitrogens with zero attached hydrogens (tertiary/aromatic N) is 2. The van der Waals surface area contributed by atoms with E-state index in [2.05, 4.69) is 4.98 Å². The van der Waals surface area contributed by atoms with Crippen LogP contribution in [0.25, 0.3) is 20.7 Å². The Morgan fingerprint density at radius 1 is 1.10 bits per heavy atom. The van der Waals surface area contributed by atoms with Crippen molar-refractivity contribution in [2.75, 3.05) is 7.11 Å². The molecular formula is C25H24N2O3S. The van der Waals surface area contributed by atoms with Crippen molar-refractivity contribution in [3.8, 4) is 16.2 Å². The molecule has 6 heteroatoms. The molecule has 0 amide bonds. The van der Waals surface area contributed by atoms with E-state index < -0.39 is 0 Å². The van der Waals surface area contributed by atoms with Crippen LogP contribution in [0.15, 0.2) is 47.5 Å². The molecule has 158 valence electrons. The summed E-state index contributed by atoms with van der Waals surface area (Å²) in [6, 6.07) is 11.7. The Balaban J connectivity index is 1.76. The van der Waals surface area contributed by atoms with Crippen molar-refractivity contribution in [3.05, 3.63) is 80.9 Å². The van der Waals surface area contributed by atoms with Gasteiger partial charge in [-0.1, -0.05) is 6.07 Å². The van der Waals surface area contributed by atoms with Gasteiger partial charge in [0.25, 0.3) is 5.56 Å². The van der Waals surface area contributed by atoms with E-state index in [-0.39, 0.29) is 11.3 Å². The van der Waals surface area contributed by atoms with Crippen LogP contribution in [0.1, 0.15) is 39.5 Å². The maximum atomic E-state index is 13.2. The second-order valence-electron chi connectivity index (χ2n) is 7.78. The van der Waals surface area contributed by atoms with E-state index in [1.165, 1.54) is 11.3 Å². The van der Waals surface area contributed by atoms with Gasteiger partial charge >= 0.3 is 0 Å². The number of rotatable bonds is 5. The summed E-state index contributed by atoms with van der Waals surface area (Å²) in [5, 5.41) is 0. The lowest BCUT2D eigenvalue weighted by Gasteiger charge is -2.16. The quantitative estimate of drug-likeness (QED) is 0.401. The van der Waals surface area contributed by atoms with E-state index in [1.54, 1.807) is 24.9 Å². The zero-order chi connectivity index (χ0) is 22.3. The van der Waals surface area contributed by atoms with E-state index in [0.29, 0.717) is 16.8 Å². The van der Waals surface area contributed by atoms with Crippen LogP contribution in [0, 0.1) is 20.8 Å². The molecule has 0 fully saturated rings. The van der Waals surface area contributed by atoms with E-state index >= 15 is 0 Å². The van der Waals surface area contributed by atoms with E-state index in [4.69, 9.17) is 4.74 Å². The number of aryl methyl sites for hydroxylation is 2. The summed E-state index contributed by atoms with van der Waals surface area (Å²) in [6.07, 6.45) is 1.60. The number of ketones is 1. The van der Waals surface area contributed by atoms with Crippen molar-refractivity contribution in [2.24, 2.45) is 0 Å². The molecule has 0 saturated carbocycles. The summed E-state index contributed by atoms with van der Waals surface area (Å²) >= 11 is 1.44. The zero-order valence-electron chi connectivity index (χ0n) is 18.3. The summed E-state index contributed by atoms with van der Waals surface area (Å²) in [5.41, 5.74) is 6.34. The average Bonchev–Trinajstić information content (AvgIpc) is 3.17. The molecule has 0 aliphatic carbocycles. The molecular weight excluding hydrogens is 408 g/mol. The lowest BCUT2D eigenvalue weighted by molar-refractivity contribution is 0.101. The fourth-order valence-electron chi connectivity index (χ4n) is 4.14. The van der Waals surface area contributed by atoms with Crippen LogP contribution >= 0.6 is 11.3 Å². The minimum Gasteiger partial charge on any atom is -0.497 e. The second kappa shape index (κ2) is 8.12. The molecule has 0 N–H and O–H groups in total. The van der Waals surface area contributed by atoms with Gasteiger partial charge in [-0.05, 0) is 85.8 Å². The minimum absolute atomic E-state index is 0.0413. The molecule has 0 aliphatic heterocycles. The van der Waals surface area contributed by atoms with E-state index in [1.807, 2.05) is 57.2 Å². The van der Waals surface area contributed by atoms with Gasteiger partial charge in [-0.2, -0.15) is 0 Å². The standard InChI is InChI=1S/C25H24N2O3S/c1-14-10-15(2)23(17(4)28)16(3)20(14)12-27-13-26-21-11-22(31-24(21)25(27)29)18-6-8-19(30-5)9-7-18/h6-11,13H,12H2,1-5H3. The van der Waals surface area contributed by atoms with Gasteiger partial charge in [0, 0.05) is 10.4 Å². The highest BCUT2D eigenvalue weighted by molar-refractivity contribution is 7.22. The lowest BCUT2D eigenvalue weighted by Crippen LogP contribution is -2.21. The molecule has 2 aromatic carbocycles. The van der Waals surface area contributed by atoms with Crippen LogP contribution in [0.4, 0.5) is 0 Å². The molecule has 0 saturated heterocycles. The number of Topliss-reactive ketones (excluding diaryl/α,β-unsaturated/α-hetero) is 1. The third-order valence-electron chi connectivity index (χ3n) is 5.69. The summed E-state index contributed by atoms with van der Waals surface area (Å²) in [5.74, 6) is 0.832. The van der Waals surface area contributed by atoms with Crippen molar-refractivity contribution >= 4 is 27.3 Å². The van der Waals surface area contributed by atoms with Gasteiger partial charge in [-0.3, -0.25) is 14.2 Å². The monoisotopic (exact) mass is 432 g/mol. The molecule has 2 heterocycles. The topological polar surface area (TPSA) is 61.2 Å². The van der Waals surface area contributed by atoms with Crippen LogP contribution in [-0.4, -0.2) is 22.4 Å². The fourth-order valence-corrected chi connectivity index (χ4v) is 5.20. The minimum atomic E-state index is -0.0708. The molecule has 0 aliphatic rings. The molecule has 4 aromatic rings. The predicted molar refractivity (Wildman–Crippen MR) is 126 cm³/mol. The highest BCUT2D eigenvalue weighted by Gasteiger charge is 2.16. The first kappa shape index (κ1) is 21.0. The zero-order valence-corrected chi connectivity index (χ0v) is 19.1. The molecule has 0 atom stereocenters. The molecule has 4 rings (SSSR count). The van der Waals surface area contributed by atoms with Gasteiger partial charge in [-0.15, -0.1) is 11.3 Å². The molecule has 0 bridgehead atoms. The molecule has 0 spiro atoms. The number of fused-ring (bicyclic) bond motifs is 1. The summed E-state index contributed by atoms with van der Waals surface area (Å²) < 4.78 is 7.48. The SMILES string of the molecule is COc1ccc(-c2cc3ncn(Cc4c(C)cc(C)c(C(C)=O)c4C)c(=O)c3s2)cc1. The molecule has 5 nitrogen and oxygen atoms in total. The van der Waals surface area contributed by atoms with Crippen molar-refractivity contribution < 1.29 is 9.53 Å². The normalized spacial score (nSPS) is 11.1. The lowest BCUT2D eigenvalue weighted by atomic mass is 9.91. The molecule has 31 heavy (non-hydrogen) atoms. The number of aromatic nitrogens is 2. The molecule has 0 radical (unpaired) electrons. The number of hydrogen-bond donors (Lipinski definition) is 0. The largest absolute Gasteiger partial charge is 0.497 e. The summed E-state index contributed by atoms with van der Waals surface area (Å²) in [7, 11) is 1.64.